The summed E-state index contributed by atoms with van der Waals surface area (Å²) in [5.74, 6) is 0.544. The molecule has 0 aliphatic carbocycles. The van der Waals surface area contributed by atoms with Crippen molar-refractivity contribution >= 4 is 28.7 Å². The van der Waals surface area contributed by atoms with Crippen LogP contribution >= 0.6 is 0 Å². The maximum Gasteiger partial charge on any atom is 0.270 e. The number of piperidine rings is 3. The fourth-order valence-electron chi connectivity index (χ4n) is 3.66. The second-order valence-corrected chi connectivity index (χ2v) is 6.62. The van der Waals surface area contributed by atoms with Crippen molar-refractivity contribution in [3.05, 3.63) is 24.0 Å². The van der Waals surface area contributed by atoms with Crippen molar-refractivity contribution in [2.45, 2.75) is 25.8 Å². The van der Waals surface area contributed by atoms with Crippen LogP contribution in [0.3, 0.4) is 0 Å². The van der Waals surface area contributed by atoms with Crippen molar-refractivity contribution in [1.29, 1.82) is 0 Å². The highest BCUT2D eigenvalue weighted by Gasteiger charge is 2.35. The van der Waals surface area contributed by atoms with Gasteiger partial charge in [-0.25, -0.2) is 0 Å². The van der Waals surface area contributed by atoms with Gasteiger partial charge >= 0.3 is 0 Å². The third-order valence-electron chi connectivity index (χ3n) is 4.91. The molecule has 7 nitrogen and oxygen atoms in total. The van der Waals surface area contributed by atoms with Gasteiger partial charge in [0.2, 0.25) is 11.8 Å². The summed E-state index contributed by atoms with van der Waals surface area (Å²) in [7, 11) is 0. The number of anilines is 1. The number of fused-ring (bicyclic) bond motifs is 4. The summed E-state index contributed by atoms with van der Waals surface area (Å²) in [4.78, 5) is 30.2. The molecule has 2 amide bonds. The topological polar surface area (TPSA) is 87.5 Å². The lowest BCUT2D eigenvalue weighted by Crippen LogP contribution is -2.57. The van der Waals surface area contributed by atoms with Gasteiger partial charge in [-0.3, -0.25) is 19.9 Å². The molecule has 2 aromatic heterocycles. The molecule has 2 N–H and O–H groups in total. The van der Waals surface area contributed by atoms with Crippen molar-refractivity contribution in [3.8, 4) is 0 Å². The Morgan fingerprint density at radius 3 is 2.75 bits per heavy atom. The molecule has 126 valence electrons. The molecular weight excluding hydrogens is 308 g/mol. The van der Waals surface area contributed by atoms with Crippen LogP contribution in [0.15, 0.2) is 22.7 Å². The molecule has 0 radical (unpaired) electrons. The minimum absolute atomic E-state index is 0.173. The number of hydrogen-bond acceptors (Lipinski definition) is 5. The quantitative estimate of drug-likeness (QED) is 0.894. The van der Waals surface area contributed by atoms with Crippen LogP contribution in [0.25, 0.3) is 11.0 Å². The largest absolute Gasteiger partial charge is 0.440 e. The number of nitrogens with one attached hydrogen (secondary N) is 2. The molecule has 0 saturated carbocycles. The number of rotatable bonds is 3. The first-order chi connectivity index (χ1) is 11.6. The maximum atomic E-state index is 12.5. The minimum Gasteiger partial charge on any atom is -0.440 e. The highest BCUT2D eigenvalue weighted by molar-refractivity contribution is 5.96. The van der Waals surface area contributed by atoms with Gasteiger partial charge in [0.15, 0.2) is 0 Å². The van der Waals surface area contributed by atoms with Gasteiger partial charge in [-0.05, 0) is 31.8 Å². The Kier molecular flexibility index (Phi) is 3.72. The van der Waals surface area contributed by atoms with Gasteiger partial charge in [-0.2, -0.15) is 0 Å². The van der Waals surface area contributed by atoms with Crippen LogP contribution in [-0.4, -0.2) is 47.4 Å². The average molecular weight is 328 g/mol. The third-order valence-corrected chi connectivity index (χ3v) is 4.91. The van der Waals surface area contributed by atoms with E-state index in [0.29, 0.717) is 23.1 Å². The van der Waals surface area contributed by atoms with E-state index in [1.165, 1.54) is 6.92 Å². The molecule has 5 heterocycles. The Morgan fingerprint density at radius 2 is 2.08 bits per heavy atom. The normalized spacial score (nSPS) is 25.6. The smallest absolute Gasteiger partial charge is 0.270 e. The van der Waals surface area contributed by atoms with Crippen molar-refractivity contribution in [2.75, 3.05) is 25.0 Å². The number of amides is 2. The number of pyridine rings is 1. The highest BCUT2D eigenvalue weighted by Crippen LogP contribution is 2.28. The summed E-state index contributed by atoms with van der Waals surface area (Å²) in [6, 6.07) is 3.51. The Morgan fingerprint density at radius 1 is 1.29 bits per heavy atom. The van der Waals surface area contributed by atoms with E-state index in [0.717, 1.165) is 37.9 Å². The summed E-state index contributed by atoms with van der Waals surface area (Å²) in [5, 5.41) is 6.45. The van der Waals surface area contributed by atoms with E-state index >= 15 is 0 Å². The summed E-state index contributed by atoms with van der Waals surface area (Å²) in [6.07, 6.45) is 3.89. The van der Waals surface area contributed by atoms with Crippen LogP contribution in [0.1, 0.15) is 30.3 Å². The number of nitrogens with zero attached hydrogens (tertiary/aromatic N) is 2. The summed E-state index contributed by atoms with van der Waals surface area (Å²) in [5.41, 5.74) is 0.871. The molecule has 24 heavy (non-hydrogen) atoms. The fraction of sp³-hybridized carbons (Fsp3) is 0.471. The van der Waals surface area contributed by atoms with E-state index < -0.39 is 0 Å². The molecule has 5 rings (SSSR count). The van der Waals surface area contributed by atoms with Gasteiger partial charge < -0.3 is 14.6 Å². The van der Waals surface area contributed by atoms with Gasteiger partial charge in [0.05, 0.1) is 0 Å². The average Bonchev–Trinajstić information content (AvgIpc) is 2.96. The Bertz CT molecular complexity index is 792. The predicted octanol–water partition coefficient (Wildman–Crippen LogP) is 1.61. The van der Waals surface area contributed by atoms with Crippen LogP contribution in [0, 0.1) is 5.92 Å². The zero-order valence-electron chi connectivity index (χ0n) is 13.5. The predicted molar refractivity (Wildman–Crippen MR) is 88.7 cm³/mol. The second-order valence-electron chi connectivity index (χ2n) is 6.62. The van der Waals surface area contributed by atoms with Crippen LogP contribution in [0.5, 0.6) is 0 Å². The van der Waals surface area contributed by atoms with Crippen LogP contribution in [-0.2, 0) is 4.79 Å². The van der Waals surface area contributed by atoms with Crippen LogP contribution in [0.2, 0.25) is 0 Å². The van der Waals surface area contributed by atoms with E-state index in [1.54, 1.807) is 18.3 Å². The first-order valence-electron chi connectivity index (χ1n) is 8.29. The molecule has 0 aromatic carbocycles. The lowest BCUT2D eigenvalue weighted by Gasteiger charge is -2.44. The van der Waals surface area contributed by atoms with E-state index in [-0.39, 0.29) is 17.9 Å². The molecule has 3 aliphatic rings. The molecule has 0 unspecified atom stereocenters. The van der Waals surface area contributed by atoms with Crippen molar-refractivity contribution < 1.29 is 14.0 Å². The fourth-order valence-corrected chi connectivity index (χ4v) is 3.66. The van der Waals surface area contributed by atoms with Gasteiger partial charge in [0.1, 0.15) is 11.3 Å². The molecular formula is C17H20N4O3. The first kappa shape index (κ1) is 15.1. The van der Waals surface area contributed by atoms with Gasteiger partial charge in [-0.1, -0.05) is 0 Å². The first-order valence-corrected chi connectivity index (χ1v) is 8.29. The van der Waals surface area contributed by atoms with E-state index in [9.17, 15) is 9.59 Å². The minimum atomic E-state index is -0.206. The third kappa shape index (κ3) is 2.87. The van der Waals surface area contributed by atoms with Crippen molar-refractivity contribution in [3.63, 3.8) is 0 Å². The van der Waals surface area contributed by atoms with E-state index in [4.69, 9.17) is 4.42 Å². The number of carbonyl (C=O) groups excluding carboxylic acids is 2. The molecule has 1 atom stereocenters. The molecule has 3 saturated heterocycles. The van der Waals surface area contributed by atoms with E-state index in [1.807, 2.05) is 0 Å². The summed E-state index contributed by atoms with van der Waals surface area (Å²) in [6.45, 7) is 4.61. The molecule has 7 heteroatoms. The second kappa shape index (κ2) is 5.90. The van der Waals surface area contributed by atoms with Crippen LogP contribution in [0.4, 0.5) is 5.88 Å². The zero-order valence-corrected chi connectivity index (χ0v) is 13.5. The number of furan rings is 1. The monoisotopic (exact) mass is 328 g/mol. The lowest BCUT2D eigenvalue weighted by atomic mass is 9.84. The standard InChI is InChI=1S/C17H20N4O3/c1-10(22)19-16-6-12-8-18-13(7-15(12)24-16)17(23)20-14-9-21-4-2-11(14)3-5-21/h6-8,11,14H,2-5,9H2,1H3,(H,19,22)(H,20,23)/t14-/m0/s1. The number of hydrogen-bond donors (Lipinski definition) is 2. The molecule has 2 bridgehead atoms. The Hall–Kier alpha value is -2.41. The lowest BCUT2D eigenvalue weighted by molar-refractivity contribution is -0.114. The van der Waals surface area contributed by atoms with Crippen molar-refractivity contribution in [2.24, 2.45) is 5.92 Å². The molecule has 3 aliphatic heterocycles. The molecule has 3 fully saturated rings. The molecule has 2 aromatic rings. The Balaban J connectivity index is 1.50. The van der Waals surface area contributed by atoms with Crippen LogP contribution < -0.4 is 10.6 Å². The van der Waals surface area contributed by atoms with Crippen molar-refractivity contribution in [1.82, 2.24) is 15.2 Å². The number of carbonyl (C=O) groups is 2. The highest BCUT2D eigenvalue weighted by atomic mass is 16.4. The van der Waals surface area contributed by atoms with E-state index in [2.05, 4.69) is 20.5 Å². The maximum absolute atomic E-state index is 12.5. The van der Waals surface area contributed by atoms with Gasteiger partial charge in [0, 0.05) is 43.2 Å². The number of aromatic nitrogens is 1. The molecule has 0 spiro atoms. The zero-order chi connectivity index (χ0) is 16.7. The van der Waals surface area contributed by atoms with Gasteiger partial charge in [-0.15, -0.1) is 0 Å². The summed E-state index contributed by atoms with van der Waals surface area (Å²) >= 11 is 0. The summed E-state index contributed by atoms with van der Waals surface area (Å²) < 4.78 is 5.55. The Labute approximate surface area is 139 Å². The van der Waals surface area contributed by atoms with Gasteiger partial charge in [0.25, 0.3) is 5.91 Å². The SMILES string of the molecule is CC(=O)Nc1cc2cnc(C(=O)N[C@H]3CN4CCC3CC4)cc2o1.